The van der Waals surface area contributed by atoms with Gasteiger partial charge in [-0.2, -0.15) is 0 Å². The fraction of sp³-hybridized carbons (Fsp3) is 0.500. The molecule has 1 aromatic heterocycles. The Bertz CT molecular complexity index is 579. The molecule has 19 heavy (non-hydrogen) atoms. The van der Waals surface area contributed by atoms with E-state index in [1.165, 1.54) is 10.1 Å². The molecule has 0 saturated heterocycles. The Balaban J connectivity index is 1.96. The summed E-state index contributed by atoms with van der Waals surface area (Å²) in [6.45, 7) is 2.27. The van der Waals surface area contributed by atoms with Crippen molar-refractivity contribution < 1.29 is 9.84 Å². The lowest BCUT2D eigenvalue weighted by Crippen LogP contribution is -2.29. The third kappa shape index (κ3) is 2.37. The zero-order valence-corrected chi connectivity index (χ0v) is 12.3. The molecule has 0 bridgehead atoms. The molecule has 1 fully saturated rings. The molecule has 1 aliphatic rings. The monoisotopic (exact) mass is 276 g/mol. The Morgan fingerprint density at radius 3 is 2.68 bits per heavy atom. The maximum atomic E-state index is 10.9. The van der Waals surface area contributed by atoms with Crippen LogP contribution in [-0.2, 0) is 5.60 Å². The van der Waals surface area contributed by atoms with Crippen LogP contribution in [0.4, 0.5) is 0 Å². The lowest BCUT2D eigenvalue weighted by Gasteiger charge is -2.34. The number of benzene rings is 1. The normalized spacial score (nSPS) is 27.6. The Labute approximate surface area is 118 Å². The Hall–Kier alpha value is -1.06. The van der Waals surface area contributed by atoms with Crippen molar-refractivity contribution in [2.75, 3.05) is 7.11 Å². The van der Waals surface area contributed by atoms with E-state index in [1.54, 1.807) is 18.4 Å². The third-order valence-corrected chi connectivity index (χ3v) is 5.58. The van der Waals surface area contributed by atoms with Gasteiger partial charge in [-0.3, -0.25) is 0 Å². The Kier molecular flexibility index (Phi) is 3.27. The first-order chi connectivity index (χ1) is 9.10. The molecule has 2 aromatic rings. The number of fused-ring (bicyclic) bond motifs is 1. The van der Waals surface area contributed by atoms with Crippen LogP contribution in [0.3, 0.4) is 0 Å². The fourth-order valence-electron chi connectivity index (χ4n) is 2.85. The lowest BCUT2D eigenvalue weighted by atomic mass is 9.79. The Morgan fingerprint density at radius 1 is 1.26 bits per heavy atom. The minimum atomic E-state index is -0.608. The van der Waals surface area contributed by atoms with Crippen LogP contribution in [0.15, 0.2) is 24.3 Å². The molecule has 0 atom stereocenters. The summed E-state index contributed by atoms with van der Waals surface area (Å²) < 4.78 is 6.46. The van der Waals surface area contributed by atoms with Crippen molar-refractivity contribution in [3.05, 3.63) is 29.1 Å². The quantitative estimate of drug-likeness (QED) is 0.885. The Morgan fingerprint density at radius 2 is 2.00 bits per heavy atom. The zero-order valence-electron chi connectivity index (χ0n) is 11.5. The van der Waals surface area contributed by atoms with Crippen molar-refractivity contribution in [1.29, 1.82) is 0 Å². The highest BCUT2D eigenvalue weighted by molar-refractivity contribution is 7.19. The number of thiophene rings is 1. The third-order valence-electron chi connectivity index (χ3n) is 4.29. The van der Waals surface area contributed by atoms with E-state index < -0.39 is 5.60 Å². The van der Waals surface area contributed by atoms with Crippen molar-refractivity contribution in [1.82, 2.24) is 0 Å². The average Bonchev–Trinajstić information content (AvgIpc) is 2.86. The van der Waals surface area contributed by atoms with Gasteiger partial charge in [0.15, 0.2) is 0 Å². The molecule has 3 rings (SSSR count). The minimum absolute atomic E-state index is 0.608. The van der Waals surface area contributed by atoms with Crippen molar-refractivity contribution in [3.63, 3.8) is 0 Å². The van der Waals surface area contributed by atoms with Gasteiger partial charge >= 0.3 is 0 Å². The summed E-state index contributed by atoms with van der Waals surface area (Å²) >= 11 is 1.70. The molecule has 1 N–H and O–H groups in total. The van der Waals surface area contributed by atoms with Gasteiger partial charge in [0.2, 0.25) is 0 Å². The van der Waals surface area contributed by atoms with Crippen LogP contribution in [-0.4, -0.2) is 12.2 Å². The molecule has 0 radical (unpaired) electrons. The lowest BCUT2D eigenvalue weighted by molar-refractivity contribution is -0.00862. The molecule has 102 valence electrons. The zero-order chi connectivity index (χ0) is 13.5. The van der Waals surface area contributed by atoms with Crippen molar-refractivity contribution in [2.24, 2.45) is 5.92 Å². The maximum Gasteiger partial charge on any atom is 0.120 e. The SMILES string of the molecule is COc1ccc2cc(C3(O)CCC(C)CC3)sc2c1. The van der Waals surface area contributed by atoms with E-state index in [9.17, 15) is 5.11 Å². The van der Waals surface area contributed by atoms with Gasteiger partial charge in [-0.1, -0.05) is 6.92 Å². The second-order valence-corrected chi connectivity index (χ2v) is 6.81. The maximum absolute atomic E-state index is 10.9. The molecule has 1 heterocycles. The fourth-order valence-corrected chi connectivity index (χ4v) is 4.09. The molecule has 0 amide bonds. The predicted molar refractivity (Wildman–Crippen MR) is 79.9 cm³/mol. The predicted octanol–water partition coefficient (Wildman–Crippen LogP) is 4.31. The molecule has 2 nitrogen and oxygen atoms in total. The summed E-state index contributed by atoms with van der Waals surface area (Å²) in [4.78, 5) is 1.11. The van der Waals surface area contributed by atoms with Gasteiger partial charge in [0.25, 0.3) is 0 Å². The van der Waals surface area contributed by atoms with Gasteiger partial charge in [0, 0.05) is 9.58 Å². The standard InChI is InChI=1S/C16H20O2S/c1-11-5-7-16(17,8-6-11)15-9-12-3-4-13(18-2)10-14(12)19-15/h3-4,9-11,17H,5-8H2,1-2H3. The number of rotatable bonds is 2. The molecule has 0 aliphatic heterocycles. The number of hydrogen-bond acceptors (Lipinski definition) is 3. The van der Waals surface area contributed by atoms with E-state index in [4.69, 9.17) is 4.74 Å². The second-order valence-electron chi connectivity index (χ2n) is 5.73. The largest absolute Gasteiger partial charge is 0.497 e. The average molecular weight is 276 g/mol. The molecule has 0 spiro atoms. The molecular formula is C16H20O2S. The van der Waals surface area contributed by atoms with Crippen LogP contribution in [0.1, 0.15) is 37.5 Å². The van der Waals surface area contributed by atoms with Crippen LogP contribution < -0.4 is 4.74 Å². The van der Waals surface area contributed by atoms with Crippen molar-refractivity contribution in [3.8, 4) is 5.75 Å². The van der Waals surface area contributed by atoms with Gasteiger partial charge < -0.3 is 9.84 Å². The highest BCUT2D eigenvalue weighted by atomic mass is 32.1. The number of hydrogen-bond donors (Lipinski definition) is 1. The van der Waals surface area contributed by atoms with Gasteiger partial charge in [-0.25, -0.2) is 0 Å². The summed E-state index contributed by atoms with van der Waals surface area (Å²) in [5, 5.41) is 12.1. The smallest absolute Gasteiger partial charge is 0.120 e. The van der Waals surface area contributed by atoms with Crippen LogP contribution in [0.25, 0.3) is 10.1 Å². The molecule has 1 aliphatic carbocycles. The van der Waals surface area contributed by atoms with E-state index in [-0.39, 0.29) is 0 Å². The van der Waals surface area contributed by atoms with E-state index in [1.807, 2.05) is 6.07 Å². The van der Waals surface area contributed by atoms with Crippen LogP contribution in [0, 0.1) is 5.92 Å². The number of methoxy groups -OCH3 is 1. The van der Waals surface area contributed by atoms with Crippen molar-refractivity contribution >= 4 is 21.4 Å². The minimum Gasteiger partial charge on any atom is -0.497 e. The van der Waals surface area contributed by atoms with Crippen LogP contribution in [0.2, 0.25) is 0 Å². The molecule has 0 unspecified atom stereocenters. The van der Waals surface area contributed by atoms with Gasteiger partial charge in [0.05, 0.1) is 12.7 Å². The first kappa shape index (κ1) is 12.9. The molecular weight excluding hydrogens is 256 g/mol. The first-order valence-electron chi connectivity index (χ1n) is 6.91. The second kappa shape index (κ2) is 4.80. The number of aliphatic hydroxyl groups is 1. The summed E-state index contributed by atoms with van der Waals surface area (Å²) in [5.41, 5.74) is -0.608. The van der Waals surface area contributed by atoms with E-state index in [0.717, 1.165) is 42.2 Å². The highest BCUT2D eigenvalue weighted by Gasteiger charge is 2.34. The summed E-state index contributed by atoms with van der Waals surface area (Å²) in [6.07, 6.45) is 4.01. The highest BCUT2D eigenvalue weighted by Crippen LogP contribution is 2.44. The van der Waals surface area contributed by atoms with E-state index >= 15 is 0 Å². The summed E-state index contributed by atoms with van der Waals surface area (Å²) in [6, 6.07) is 8.25. The summed E-state index contributed by atoms with van der Waals surface area (Å²) in [7, 11) is 1.69. The molecule has 1 saturated carbocycles. The molecule has 1 aromatic carbocycles. The van der Waals surface area contributed by atoms with E-state index in [0.29, 0.717) is 0 Å². The summed E-state index contributed by atoms with van der Waals surface area (Å²) in [5.74, 6) is 1.62. The topological polar surface area (TPSA) is 29.5 Å². The van der Waals surface area contributed by atoms with Crippen LogP contribution in [0.5, 0.6) is 5.75 Å². The van der Waals surface area contributed by atoms with E-state index in [2.05, 4.69) is 25.1 Å². The van der Waals surface area contributed by atoms with Crippen molar-refractivity contribution in [2.45, 2.75) is 38.2 Å². The van der Waals surface area contributed by atoms with Crippen LogP contribution >= 0.6 is 11.3 Å². The first-order valence-corrected chi connectivity index (χ1v) is 7.73. The van der Waals surface area contributed by atoms with Gasteiger partial charge in [0.1, 0.15) is 5.75 Å². The molecule has 3 heteroatoms. The van der Waals surface area contributed by atoms with Gasteiger partial charge in [-0.15, -0.1) is 11.3 Å². The van der Waals surface area contributed by atoms with Gasteiger partial charge in [-0.05, 0) is 61.3 Å². The number of ether oxygens (including phenoxy) is 1.